The molecule has 2 aliphatic rings. The lowest BCUT2D eigenvalue weighted by atomic mass is 9.91. The van der Waals surface area contributed by atoms with E-state index in [1.807, 2.05) is 0 Å². The van der Waals surface area contributed by atoms with Gasteiger partial charge in [0.1, 0.15) is 0 Å². The molecule has 2 fully saturated rings. The van der Waals surface area contributed by atoms with Gasteiger partial charge in [-0.3, -0.25) is 4.90 Å². The molecule has 0 radical (unpaired) electrons. The van der Waals surface area contributed by atoms with Crippen LogP contribution in [0.1, 0.15) is 59.8 Å². The van der Waals surface area contributed by atoms with E-state index in [2.05, 4.69) is 37.9 Å². The standard InChI is InChI=1S/C16H32N2/c1-13-10-16(3,4)11-15(13)17-12-14(2)18-8-6-5-7-9-18/h13-15,17H,5-12H2,1-4H3. The fourth-order valence-electron chi connectivity index (χ4n) is 3.98. The summed E-state index contributed by atoms with van der Waals surface area (Å²) in [5, 5.41) is 3.84. The van der Waals surface area contributed by atoms with Crippen LogP contribution >= 0.6 is 0 Å². The lowest BCUT2D eigenvalue weighted by Crippen LogP contribution is -2.46. The highest BCUT2D eigenvalue weighted by Crippen LogP contribution is 2.40. The van der Waals surface area contributed by atoms with Crippen molar-refractivity contribution < 1.29 is 0 Å². The second kappa shape index (κ2) is 5.92. The third kappa shape index (κ3) is 3.71. The van der Waals surface area contributed by atoms with Crippen LogP contribution in [0, 0.1) is 11.3 Å². The molecule has 0 aromatic rings. The molecule has 1 aliphatic heterocycles. The Kier molecular flexibility index (Phi) is 4.71. The summed E-state index contributed by atoms with van der Waals surface area (Å²) >= 11 is 0. The van der Waals surface area contributed by atoms with Crippen LogP contribution in [0.4, 0.5) is 0 Å². The summed E-state index contributed by atoms with van der Waals surface area (Å²) in [7, 11) is 0. The predicted molar refractivity (Wildman–Crippen MR) is 78.9 cm³/mol. The summed E-state index contributed by atoms with van der Waals surface area (Å²) in [5.74, 6) is 0.841. The molecule has 106 valence electrons. The summed E-state index contributed by atoms with van der Waals surface area (Å²) in [6.07, 6.45) is 6.96. The predicted octanol–water partition coefficient (Wildman–Crippen LogP) is 3.28. The average molecular weight is 252 g/mol. The molecule has 2 rings (SSSR count). The van der Waals surface area contributed by atoms with Gasteiger partial charge < -0.3 is 5.32 Å². The molecule has 0 amide bonds. The van der Waals surface area contributed by atoms with E-state index in [9.17, 15) is 0 Å². The highest BCUT2D eigenvalue weighted by atomic mass is 15.2. The van der Waals surface area contributed by atoms with Crippen LogP contribution in [-0.4, -0.2) is 36.6 Å². The molecule has 1 N–H and O–H groups in total. The van der Waals surface area contributed by atoms with Crippen LogP contribution in [0.25, 0.3) is 0 Å². The van der Waals surface area contributed by atoms with Gasteiger partial charge in [0.15, 0.2) is 0 Å². The van der Waals surface area contributed by atoms with Crippen molar-refractivity contribution in [2.75, 3.05) is 19.6 Å². The summed E-state index contributed by atoms with van der Waals surface area (Å²) in [4.78, 5) is 2.67. The third-order valence-corrected chi connectivity index (χ3v) is 5.02. The van der Waals surface area contributed by atoms with E-state index in [-0.39, 0.29) is 0 Å². The zero-order valence-electron chi connectivity index (χ0n) is 12.8. The molecule has 18 heavy (non-hydrogen) atoms. The molecular weight excluding hydrogens is 220 g/mol. The fourth-order valence-corrected chi connectivity index (χ4v) is 3.98. The number of nitrogens with zero attached hydrogens (tertiary/aromatic N) is 1. The van der Waals surface area contributed by atoms with Gasteiger partial charge in [-0.15, -0.1) is 0 Å². The normalized spacial score (nSPS) is 34.7. The molecule has 0 aromatic carbocycles. The second-order valence-corrected chi connectivity index (χ2v) is 7.51. The lowest BCUT2D eigenvalue weighted by Gasteiger charge is -2.33. The quantitative estimate of drug-likeness (QED) is 0.826. The minimum absolute atomic E-state index is 0.547. The Balaban J connectivity index is 1.74. The minimum Gasteiger partial charge on any atom is -0.312 e. The van der Waals surface area contributed by atoms with E-state index in [0.717, 1.165) is 12.0 Å². The van der Waals surface area contributed by atoms with Crippen LogP contribution in [0.3, 0.4) is 0 Å². The number of nitrogens with one attached hydrogen (secondary N) is 1. The first-order valence-electron chi connectivity index (χ1n) is 7.95. The van der Waals surface area contributed by atoms with Gasteiger partial charge in [-0.2, -0.15) is 0 Å². The summed E-state index contributed by atoms with van der Waals surface area (Å²) in [6.45, 7) is 13.4. The third-order valence-electron chi connectivity index (χ3n) is 5.02. The first kappa shape index (κ1) is 14.3. The number of hydrogen-bond donors (Lipinski definition) is 1. The molecule has 2 nitrogen and oxygen atoms in total. The van der Waals surface area contributed by atoms with E-state index >= 15 is 0 Å². The van der Waals surface area contributed by atoms with Crippen LogP contribution < -0.4 is 5.32 Å². The summed E-state index contributed by atoms with van der Waals surface area (Å²) in [6, 6.07) is 1.45. The van der Waals surface area contributed by atoms with Crippen molar-refractivity contribution in [1.82, 2.24) is 10.2 Å². The maximum Gasteiger partial charge on any atom is 0.0192 e. The molecule has 3 atom stereocenters. The van der Waals surface area contributed by atoms with Crippen molar-refractivity contribution in [3.63, 3.8) is 0 Å². The van der Waals surface area contributed by atoms with Gasteiger partial charge in [0.05, 0.1) is 0 Å². The minimum atomic E-state index is 0.547. The molecular formula is C16H32N2. The Hall–Kier alpha value is -0.0800. The van der Waals surface area contributed by atoms with Crippen molar-refractivity contribution in [2.45, 2.75) is 71.9 Å². The Labute approximate surface area is 114 Å². The van der Waals surface area contributed by atoms with Gasteiger partial charge in [0, 0.05) is 18.6 Å². The number of piperidine rings is 1. The topological polar surface area (TPSA) is 15.3 Å². The van der Waals surface area contributed by atoms with Crippen LogP contribution in [-0.2, 0) is 0 Å². The summed E-state index contributed by atoms with van der Waals surface area (Å²) in [5.41, 5.74) is 0.547. The first-order valence-corrected chi connectivity index (χ1v) is 7.95. The van der Waals surface area contributed by atoms with E-state index < -0.39 is 0 Å². The summed E-state index contributed by atoms with van der Waals surface area (Å²) < 4.78 is 0. The molecule has 1 aliphatic carbocycles. The van der Waals surface area contributed by atoms with E-state index in [4.69, 9.17) is 0 Å². The maximum absolute atomic E-state index is 3.84. The molecule has 1 saturated heterocycles. The first-order chi connectivity index (χ1) is 8.48. The highest BCUT2D eigenvalue weighted by Gasteiger charge is 2.36. The molecule has 0 bridgehead atoms. The Bertz CT molecular complexity index is 256. The van der Waals surface area contributed by atoms with Crippen molar-refractivity contribution in [2.24, 2.45) is 11.3 Å². The molecule has 0 spiro atoms. The van der Waals surface area contributed by atoms with E-state index in [1.54, 1.807) is 0 Å². The maximum atomic E-state index is 3.84. The van der Waals surface area contributed by atoms with E-state index in [1.165, 1.54) is 51.7 Å². The Morgan fingerprint density at radius 2 is 1.83 bits per heavy atom. The number of rotatable bonds is 4. The molecule has 2 heteroatoms. The molecule has 1 saturated carbocycles. The second-order valence-electron chi connectivity index (χ2n) is 7.51. The lowest BCUT2D eigenvalue weighted by molar-refractivity contribution is 0.166. The smallest absolute Gasteiger partial charge is 0.0192 e. The highest BCUT2D eigenvalue weighted by molar-refractivity contribution is 4.91. The monoisotopic (exact) mass is 252 g/mol. The zero-order valence-corrected chi connectivity index (χ0v) is 12.8. The van der Waals surface area contributed by atoms with Crippen LogP contribution in [0.2, 0.25) is 0 Å². The number of hydrogen-bond acceptors (Lipinski definition) is 2. The zero-order chi connectivity index (χ0) is 13.2. The van der Waals surface area contributed by atoms with Crippen LogP contribution in [0.5, 0.6) is 0 Å². The fraction of sp³-hybridized carbons (Fsp3) is 1.00. The van der Waals surface area contributed by atoms with Crippen molar-refractivity contribution in [1.29, 1.82) is 0 Å². The van der Waals surface area contributed by atoms with Gasteiger partial charge in [0.25, 0.3) is 0 Å². The van der Waals surface area contributed by atoms with Gasteiger partial charge >= 0.3 is 0 Å². The number of likely N-dealkylation sites (tertiary alicyclic amines) is 1. The molecule has 0 aromatic heterocycles. The SMILES string of the molecule is CC1CC(C)(C)CC1NCC(C)N1CCCCC1. The molecule has 1 heterocycles. The average Bonchev–Trinajstić information content (AvgIpc) is 2.60. The Morgan fingerprint density at radius 3 is 2.39 bits per heavy atom. The van der Waals surface area contributed by atoms with Gasteiger partial charge in [0.2, 0.25) is 0 Å². The largest absolute Gasteiger partial charge is 0.312 e. The van der Waals surface area contributed by atoms with Crippen LogP contribution in [0.15, 0.2) is 0 Å². The van der Waals surface area contributed by atoms with Crippen molar-refractivity contribution >= 4 is 0 Å². The van der Waals surface area contributed by atoms with Gasteiger partial charge in [-0.25, -0.2) is 0 Å². The van der Waals surface area contributed by atoms with Gasteiger partial charge in [-0.1, -0.05) is 27.2 Å². The van der Waals surface area contributed by atoms with Crippen molar-refractivity contribution in [3.8, 4) is 0 Å². The molecule has 3 unspecified atom stereocenters. The van der Waals surface area contributed by atoms with E-state index in [0.29, 0.717) is 11.5 Å². The van der Waals surface area contributed by atoms with Crippen molar-refractivity contribution in [3.05, 3.63) is 0 Å². The Morgan fingerprint density at radius 1 is 1.17 bits per heavy atom. The van der Waals surface area contributed by atoms with Gasteiger partial charge in [-0.05, 0) is 57.0 Å².